The maximum absolute atomic E-state index is 11.3. The minimum atomic E-state index is -0.350. The Morgan fingerprint density at radius 3 is 2.25 bits per heavy atom. The SMILES string of the molecule is CC(C)Cc1ccc(OC(=O)N(C)C)cc1. The average Bonchev–Trinajstić information content (AvgIpc) is 2.20. The van der Waals surface area contributed by atoms with Crippen molar-refractivity contribution in [3.63, 3.8) is 0 Å². The van der Waals surface area contributed by atoms with Crippen molar-refractivity contribution in [2.24, 2.45) is 5.92 Å². The van der Waals surface area contributed by atoms with Crippen molar-refractivity contribution < 1.29 is 9.53 Å². The lowest BCUT2D eigenvalue weighted by molar-refractivity contribution is 0.172. The molecule has 3 heteroatoms. The highest BCUT2D eigenvalue weighted by Gasteiger charge is 2.06. The first kappa shape index (κ1) is 12.6. The summed E-state index contributed by atoms with van der Waals surface area (Å²) in [6, 6.07) is 7.66. The van der Waals surface area contributed by atoms with E-state index < -0.39 is 0 Å². The summed E-state index contributed by atoms with van der Waals surface area (Å²) in [5, 5.41) is 0. The van der Waals surface area contributed by atoms with Crippen molar-refractivity contribution >= 4 is 6.09 Å². The molecular formula is C13H19NO2. The molecule has 1 amide bonds. The number of nitrogens with zero attached hydrogens (tertiary/aromatic N) is 1. The van der Waals surface area contributed by atoms with Crippen LogP contribution in [0, 0.1) is 5.92 Å². The number of carbonyl (C=O) groups is 1. The van der Waals surface area contributed by atoms with E-state index in [9.17, 15) is 4.79 Å². The summed E-state index contributed by atoms with van der Waals surface area (Å²) in [6.45, 7) is 4.36. The zero-order valence-corrected chi connectivity index (χ0v) is 10.4. The van der Waals surface area contributed by atoms with Gasteiger partial charge in [0.1, 0.15) is 5.75 Å². The summed E-state index contributed by atoms with van der Waals surface area (Å²) in [7, 11) is 3.32. The van der Waals surface area contributed by atoms with Gasteiger partial charge in [-0.3, -0.25) is 0 Å². The molecule has 0 spiro atoms. The molecule has 0 bridgehead atoms. The number of ether oxygens (including phenoxy) is 1. The Bertz CT molecular complexity index is 341. The van der Waals surface area contributed by atoms with Crippen molar-refractivity contribution in [3.05, 3.63) is 29.8 Å². The fourth-order valence-corrected chi connectivity index (χ4v) is 1.36. The highest BCUT2D eigenvalue weighted by Crippen LogP contribution is 2.15. The minimum Gasteiger partial charge on any atom is -0.410 e. The topological polar surface area (TPSA) is 29.5 Å². The molecule has 0 unspecified atom stereocenters. The Morgan fingerprint density at radius 2 is 1.81 bits per heavy atom. The van der Waals surface area contributed by atoms with Crippen LogP contribution in [0.1, 0.15) is 19.4 Å². The predicted octanol–water partition coefficient (Wildman–Crippen LogP) is 2.95. The van der Waals surface area contributed by atoms with Gasteiger partial charge in [-0.25, -0.2) is 4.79 Å². The smallest absolute Gasteiger partial charge is 0.410 e. The molecule has 16 heavy (non-hydrogen) atoms. The van der Waals surface area contributed by atoms with Gasteiger partial charge in [0.2, 0.25) is 0 Å². The number of carbonyl (C=O) groups excluding carboxylic acids is 1. The van der Waals surface area contributed by atoms with E-state index in [1.165, 1.54) is 10.5 Å². The highest BCUT2D eigenvalue weighted by atomic mass is 16.6. The van der Waals surface area contributed by atoms with Crippen LogP contribution >= 0.6 is 0 Å². The molecule has 1 aromatic carbocycles. The summed E-state index contributed by atoms with van der Waals surface area (Å²) in [6.07, 6.45) is 0.693. The van der Waals surface area contributed by atoms with Gasteiger partial charge in [0.25, 0.3) is 0 Å². The Morgan fingerprint density at radius 1 is 1.25 bits per heavy atom. The number of hydrogen-bond acceptors (Lipinski definition) is 2. The molecule has 0 aliphatic heterocycles. The van der Waals surface area contributed by atoms with E-state index in [1.54, 1.807) is 14.1 Å². The fourth-order valence-electron chi connectivity index (χ4n) is 1.36. The lowest BCUT2D eigenvalue weighted by atomic mass is 10.0. The van der Waals surface area contributed by atoms with Crippen LogP contribution in [-0.4, -0.2) is 25.1 Å². The van der Waals surface area contributed by atoms with E-state index >= 15 is 0 Å². The average molecular weight is 221 g/mol. The summed E-state index contributed by atoms with van der Waals surface area (Å²) < 4.78 is 5.12. The fraction of sp³-hybridized carbons (Fsp3) is 0.462. The Kier molecular flexibility index (Phi) is 4.35. The number of amides is 1. The Labute approximate surface area is 97.0 Å². The van der Waals surface area contributed by atoms with Crippen LogP contribution in [0.2, 0.25) is 0 Å². The highest BCUT2D eigenvalue weighted by molar-refractivity contribution is 5.69. The quantitative estimate of drug-likeness (QED) is 0.785. The molecule has 0 saturated heterocycles. The van der Waals surface area contributed by atoms with Crippen LogP contribution in [0.15, 0.2) is 24.3 Å². The van der Waals surface area contributed by atoms with E-state index in [2.05, 4.69) is 13.8 Å². The number of rotatable bonds is 3. The minimum absolute atomic E-state index is 0.350. The van der Waals surface area contributed by atoms with Crippen molar-refractivity contribution in [2.45, 2.75) is 20.3 Å². The second-order valence-corrected chi connectivity index (χ2v) is 4.50. The first-order chi connectivity index (χ1) is 7.49. The zero-order chi connectivity index (χ0) is 12.1. The van der Waals surface area contributed by atoms with Gasteiger partial charge in [-0.1, -0.05) is 26.0 Å². The van der Waals surface area contributed by atoms with Crippen LogP contribution in [0.25, 0.3) is 0 Å². The second-order valence-electron chi connectivity index (χ2n) is 4.50. The molecule has 1 aromatic rings. The maximum Gasteiger partial charge on any atom is 0.414 e. The van der Waals surface area contributed by atoms with E-state index in [0.717, 1.165) is 6.42 Å². The predicted molar refractivity (Wildman–Crippen MR) is 64.7 cm³/mol. The lowest BCUT2D eigenvalue weighted by Crippen LogP contribution is -2.25. The van der Waals surface area contributed by atoms with Crippen LogP contribution in [0.5, 0.6) is 5.75 Å². The molecule has 0 fully saturated rings. The van der Waals surface area contributed by atoms with E-state index in [4.69, 9.17) is 4.74 Å². The first-order valence-electron chi connectivity index (χ1n) is 5.47. The largest absolute Gasteiger partial charge is 0.414 e. The van der Waals surface area contributed by atoms with Crippen LogP contribution in [0.3, 0.4) is 0 Å². The first-order valence-corrected chi connectivity index (χ1v) is 5.47. The van der Waals surface area contributed by atoms with Crippen molar-refractivity contribution in [1.82, 2.24) is 4.90 Å². The molecule has 0 aliphatic rings. The molecule has 0 atom stereocenters. The van der Waals surface area contributed by atoms with E-state index in [0.29, 0.717) is 11.7 Å². The zero-order valence-electron chi connectivity index (χ0n) is 10.4. The van der Waals surface area contributed by atoms with Crippen molar-refractivity contribution in [3.8, 4) is 5.75 Å². The molecule has 0 radical (unpaired) electrons. The molecule has 0 aromatic heterocycles. The molecule has 3 nitrogen and oxygen atoms in total. The van der Waals surface area contributed by atoms with E-state index in [1.807, 2.05) is 24.3 Å². The molecule has 0 saturated carbocycles. The third kappa shape index (κ3) is 3.93. The summed E-state index contributed by atoms with van der Waals surface area (Å²) in [5.74, 6) is 1.22. The Balaban J connectivity index is 2.61. The van der Waals surface area contributed by atoms with Crippen molar-refractivity contribution in [1.29, 1.82) is 0 Å². The monoisotopic (exact) mass is 221 g/mol. The molecule has 88 valence electrons. The van der Waals surface area contributed by atoms with Gasteiger partial charge in [0, 0.05) is 14.1 Å². The molecular weight excluding hydrogens is 202 g/mol. The van der Waals surface area contributed by atoms with Gasteiger partial charge in [0.15, 0.2) is 0 Å². The van der Waals surface area contributed by atoms with Gasteiger partial charge in [0.05, 0.1) is 0 Å². The number of benzene rings is 1. The summed E-state index contributed by atoms with van der Waals surface area (Å²) in [5.41, 5.74) is 1.26. The molecule has 0 aliphatic carbocycles. The standard InChI is InChI=1S/C13H19NO2/c1-10(2)9-11-5-7-12(8-6-11)16-13(15)14(3)4/h5-8,10H,9H2,1-4H3. The second kappa shape index (κ2) is 5.54. The van der Waals surface area contributed by atoms with Gasteiger partial charge >= 0.3 is 6.09 Å². The van der Waals surface area contributed by atoms with Crippen LogP contribution in [-0.2, 0) is 6.42 Å². The van der Waals surface area contributed by atoms with Gasteiger partial charge < -0.3 is 9.64 Å². The molecule has 0 heterocycles. The molecule has 1 rings (SSSR count). The maximum atomic E-state index is 11.3. The third-order valence-corrected chi connectivity index (χ3v) is 2.14. The van der Waals surface area contributed by atoms with Gasteiger partial charge in [-0.15, -0.1) is 0 Å². The lowest BCUT2D eigenvalue weighted by Gasteiger charge is -2.11. The summed E-state index contributed by atoms with van der Waals surface area (Å²) in [4.78, 5) is 12.7. The Hall–Kier alpha value is -1.51. The van der Waals surface area contributed by atoms with Gasteiger partial charge in [-0.05, 0) is 30.0 Å². The normalized spacial score (nSPS) is 10.3. The third-order valence-electron chi connectivity index (χ3n) is 2.14. The van der Waals surface area contributed by atoms with Crippen LogP contribution in [0.4, 0.5) is 4.79 Å². The number of hydrogen-bond donors (Lipinski definition) is 0. The molecule has 0 N–H and O–H groups in total. The van der Waals surface area contributed by atoms with E-state index in [-0.39, 0.29) is 6.09 Å². The van der Waals surface area contributed by atoms with Gasteiger partial charge in [-0.2, -0.15) is 0 Å². The van der Waals surface area contributed by atoms with Crippen LogP contribution < -0.4 is 4.74 Å². The summed E-state index contributed by atoms with van der Waals surface area (Å²) >= 11 is 0. The van der Waals surface area contributed by atoms with Crippen molar-refractivity contribution in [2.75, 3.05) is 14.1 Å².